The van der Waals surface area contributed by atoms with Crippen molar-refractivity contribution in [2.24, 2.45) is 11.8 Å². The van der Waals surface area contributed by atoms with Crippen LogP contribution >= 0.6 is 0 Å². The zero-order valence-electron chi connectivity index (χ0n) is 19.9. The van der Waals surface area contributed by atoms with Crippen molar-refractivity contribution in [2.75, 3.05) is 19.6 Å². The number of benzene rings is 3. The molecule has 2 fully saturated rings. The van der Waals surface area contributed by atoms with Crippen molar-refractivity contribution in [3.8, 4) is 0 Å². The normalized spacial score (nSPS) is 22.8. The van der Waals surface area contributed by atoms with Crippen LogP contribution in [0.25, 0.3) is 0 Å². The number of hydrogen-bond acceptors (Lipinski definition) is 3. The lowest BCUT2D eigenvalue weighted by Crippen LogP contribution is -2.51. The van der Waals surface area contributed by atoms with Gasteiger partial charge in [0.2, 0.25) is 0 Å². The number of carbonyl (C=O) groups is 1. The van der Waals surface area contributed by atoms with Gasteiger partial charge in [-0.1, -0.05) is 104 Å². The second-order valence-electron chi connectivity index (χ2n) is 9.96. The molecule has 1 aliphatic heterocycles. The first-order valence-corrected chi connectivity index (χ1v) is 12.8. The first kappa shape index (κ1) is 22.9. The van der Waals surface area contributed by atoms with E-state index in [1.807, 2.05) is 60.7 Å². The highest BCUT2D eigenvalue weighted by Gasteiger charge is 2.41. The van der Waals surface area contributed by atoms with Gasteiger partial charge in [-0.2, -0.15) is 0 Å². The highest BCUT2D eigenvalue weighted by Crippen LogP contribution is 2.37. The Hall–Kier alpha value is -2.91. The maximum absolute atomic E-state index is 13.7. The van der Waals surface area contributed by atoms with E-state index in [0.717, 1.165) is 50.0 Å². The molecule has 0 amide bonds. The van der Waals surface area contributed by atoms with Gasteiger partial charge in [-0.3, -0.25) is 4.79 Å². The molecule has 3 aromatic carbocycles. The van der Waals surface area contributed by atoms with Crippen LogP contribution in [0.15, 0.2) is 91.0 Å². The van der Waals surface area contributed by atoms with Gasteiger partial charge in [0.05, 0.1) is 0 Å². The predicted molar refractivity (Wildman–Crippen MR) is 137 cm³/mol. The molecule has 2 aliphatic rings. The number of hydrogen-bond donors (Lipinski definition) is 0. The lowest BCUT2D eigenvalue weighted by atomic mass is 9.84. The number of ether oxygens (including phenoxy) is 1. The maximum atomic E-state index is 13.7. The zero-order valence-corrected chi connectivity index (χ0v) is 19.9. The Kier molecular flexibility index (Phi) is 7.40. The predicted octanol–water partition coefficient (Wildman–Crippen LogP) is 6.10. The fourth-order valence-corrected chi connectivity index (χ4v) is 5.92. The Labute approximate surface area is 203 Å². The highest BCUT2D eigenvalue weighted by molar-refractivity contribution is 5.82. The summed E-state index contributed by atoms with van der Waals surface area (Å²) in [6.07, 6.45) is 5.88. The molecule has 1 aliphatic carbocycles. The monoisotopic (exact) mass is 453 g/mol. The van der Waals surface area contributed by atoms with Crippen LogP contribution in [0.2, 0.25) is 0 Å². The lowest BCUT2D eigenvalue weighted by molar-refractivity contribution is -0.160. The van der Waals surface area contributed by atoms with Crippen molar-refractivity contribution in [3.05, 3.63) is 108 Å². The summed E-state index contributed by atoms with van der Waals surface area (Å²) in [6.45, 7) is 3.14. The van der Waals surface area contributed by atoms with Gasteiger partial charge < -0.3 is 9.64 Å². The van der Waals surface area contributed by atoms with E-state index in [0.29, 0.717) is 11.8 Å². The van der Waals surface area contributed by atoms with Crippen LogP contribution in [0.5, 0.6) is 0 Å². The molecular weight excluding hydrogens is 418 g/mol. The number of nitrogens with zero attached hydrogens (tertiary/aromatic N) is 1. The fourth-order valence-electron chi connectivity index (χ4n) is 5.92. The van der Waals surface area contributed by atoms with Crippen molar-refractivity contribution in [1.82, 2.24) is 4.90 Å². The minimum Gasteiger partial charge on any atom is -0.461 e. The van der Waals surface area contributed by atoms with E-state index in [-0.39, 0.29) is 18.0 Å². The quantitative estimate of drug-likeness (QED) is 0.405. The molecule has 2 unspecified atom stereocenters. The summed E-state index contributed by atoms with van der Waals surface area (Å²) in [5.74, 6) is 0.374. The van der Waals surface area contributed by atoms with Gasteiger partial charge in [-0.15, -0.1) is 0 Å². The lowest BCUT2D eigenvalue weighted by Gasteiger charge is -2.42. The molecule has 0 radical (unpaired) electrons. The molecule has 0 aromatic heterocycles. The van der Waals surface area contributed by atoms with Crippen LogP contribution in [0.4, 0.5) is 0 Å². The standard InChI is InChI=1S/C31H35NO2/c33-31(29(25-14-6-2-7-15-25)26-16-8-3-9-17-26)34-30-27-18-10-11-19-28(30)23-32(22-27)21-20-24-12-4-1-5-13-24/h1-9,12-17,27-30H,10-11,18-23H2. The Bertz CT molecular complexity index is 981. The van der Waals surface area contributed by atoms with E-state index in [1.165, 1.54) is 18.4 Å². The number of likely N-dealkylation sites (tertiary alicyclic amines) is 1. The number of piperidine rings is 1. The third-order valence-corrected chi connectivity index (χ3v) is 7.63. The van der Waals surface area contributed by atoms with Crippen molar-refractivity contribution in [1.29, 1.82) is 0 Å². The first-order chi connectivity index (χ1) is 16.8. The maximum Gasteiger partial charge on any atom is 0.318 e. The SMILES string of the molecule is O=C(OC1C2CCCCC1CN(CCc1ccccc1)C2)C(c1ccccc1)c1ccccc1. The minimum atomic E-state index is -0.374. The molecule has 176 valence electrons. The van der Waals surface area contributed by atoms with Gasteiger partial charge >= 0.3 is 5.97 Å². The molecule has 3 heteroatoms. The number of fused-ring (bicyclic) bond motifs is 2. The molecule has 2 atom stereocenters. The Morgan fingerprint density at radius 1 is 0.765 bits per heavy atom. The molecule has 0 N–H and O–H groups in total. The van der Waals surface area contributed by atoms with Crippen molar-refractivity contribution in [2.45, 2.75) is 44.1 Å². The third-order valence-electron chi connectivity index (χ3n) is 7.63. The molecule has 1 saturated heterocycles. The molecule has 1 heterocycles. The molecule has 3 nitrogen and oxygen atoms in total. The van der Waals surface area contributed by atoms with E-state index in [1.54, 1.807) is 0 Å². The zero-order chi connectivity index (χ0) is 23.2. The molecule has 5 rings (SSSR count). The average Bonchev–Trinajstić information content (AvgIpc) is 2.99. The molecule has 34 heavy (non-hydrogen) atoms. The molecule has 0 spiro atoms. The van der Waals surface area contributed by atoms with Gasteiger partial charge in [0.15, 0.2) is 0 Å². The number of esters is 1. The minimum absolute atomic E-state index is 0.0258. The van der Waals surface area contributed by atoms with E-state index in [4.69, 9.17) is 4.74 Å². The third kappa shape index (κ3) is 5.42. The Morgan fingerprint density at radius 3 is 1.79 bits per heavy atom. The summed E-state index contributed by atoms with van der Waals surface area (Å²) >= 11 is 0. The van der Waals surface area contributed by atoms with Gasteiger partial charge in [0.1, 0.15) is 12.0 Å². The van der Waals surface area contributed by atoms with Crippen LogP contribution < -0.4 is 0 Å². The van der Waals surface area contributed by atoms with Crippen LogP contribution in [0.3, 0.4) is 0 Å². The van der Waals surface area contributed by atoms with Crippen LogP contribution in [0, 0.1) is 11.8 Å². The summed E-state index contributed by atoms with van der Waals surface area (Å²) in [4.78, 5) is 16.3. The van der Waals surface area contributed by atoms with Crippen LogP contribution in [-0.4, -0.2) is 36.6 Å². The largest absolute Gasteiger partial charge is 0.461 e. The molecular formula is C31H35NO2. The summed E-state index contributed by atoms with van der Waals surface area (Å²) < 4.78 is 6.45. The van der Waals surface area contributed by atoms with Gasteiger partial charge in [0, 0.05) is 31.5 Å². The summed E-state index contributed by atoms with van der Waals surface area (Å²) in [7, 11) is 0. The summed E-state index contributed by atoms with van der Waals surface area (Å²) in [6, 6.07) is 30.9. The second-order valence-corrected chi connectivity index (χ2v) is 9.96. The molecule has 3 aromatic rings. The Morgan fingerprint density at radius 2 is 1.26 bits per heavy atom. The van der Waals surface area contributed by atoms with E-state index >= 15 is 0 Å². The van der Waals surface area contributed by atoms with Gasteiger partial charge in [-0.25, -0.2) is 0 Å². The van der Waals surface area contributed by atoms with Crippen molar-refractivity contribution >= 4 is 5.97 Å². The highest BCUT2D eigenvalue weighted by atomic mass is 16.5. The topological polar surface area (TPSA) is 29.5 Å². The number of rotatable bonds is 7. The summed E-state index contributed by atoms with van der Waals surface area (Å²) in [5.41, 5.74) is 3.40. The van der Waals surface area contributed by atoms with Crippen molar-refractivity contribution in [3.63, 3.8) is 0 Å². The van der Waals surface area contributed by atoms with E-state index in [9.17, 15) is 4.79 Å². The molecule has 1 saturated carbocycles. The fraction of sp³-hybridized carbons (Fsp3) is 0.387. The van der Waals surface area contributed by atoms with Gasteiger partial charge in [-0.05, 0) is 36.0 Å². The second kappa shape index (κ2) is 11.0. The average molecular weight is 454 g/mol. The smallest absolute Gasteiger partial charge is 0.318 e. The van der Waals surface area contributed by atoms with E-state index < -0.39 is 0 Å². The van der Waals surface area contributed by atoms with Crippen LogP contribution in [-0.2, 0) is 16.0 Å². The molecule has 2 bridgehead atoms. The van der Waals surface area contributed by atoms with Crippen LogP contribution in [0.1, 0.15) is 48.3 Å². The summed E-state index contributed by atoms with van der Waals surface area (Å²) in [5, 5.41) is 0. The van der Waals surface area contributed by atoms with Gasteiger partial charge in [0.25, 0.3) is 0 Å². The van der Waals surface area contributed by atoms with Crippen molar-refractivity contribution < 1.29 is 9.53 Å². The Balaban J connectivity index is 1.31. The number of carbonyl (C=O) groups excluding carboxylic acids is 1. The first-order valence-electron chi connectivity index (χ1n) is 12.8. The van der Waals surface area contributed by atoms with E-state index in [2.05, 4.69) is 35.2 Å².